The highest BCUT2D eigenvalue weighted by Gasteiger charge is 2.38. The fourth-order valence-corrected chi connectivity index (χ4v) is 4.42. The van der Waals surface area contributed by atoms with Gasteiger partial charge in [0.25, 0.3) is 10.0 Å². The van der Waals surface area contributed by atoms with Gasteiger partial charge >= 0.3 is 6.18 Å². The van der Waals surface area contributed by atoms with Crippen LogP contribution < -0.4 is 0 Å². The lowest BCUT2D eigenvalue weighted by Crippen LogP contribution is -2.26. The lowest BCUT2D eigenvalue weighted by Gasteiger charge is -2.15. The molecule has 4 rings (SSSR count). The van der Waals surface area contributed by atoms with Crippen molar-refractivity contribution in [2.45, 2.75) is 17.1 Å². The smallest absolute Gasteiger partial charge is 0.339 e. The van der Waals surface area contributed by atoms with Crippen LogP contribution in [0.3, 0.4) is 0 Å². The van der Waals surface area contributed by atoms with E-state index in [2.05, 4.69) is 15.1 Å². The number of hydrogen-bond acceptors (Lipinski definition) is 5. The van der Waals surface area contributed by atoms with Crippen molar-refractivity contribution in [3.8, 4) is 0 Å². The van der Waals surface area contributed by atoms with E-state index in [1.165, 1.54) is 17.1 Å². The summed E-state index contributed by atoms with van der Waals surface area (Å²) in [4.78, 5) is 7.91. The number of pyridine rings is 1. The summed E-state index contributed by atoms with van der Waals surface area (Å²) in [5.41, 5.74) is -0.0496. The van der Waals surface area contributed by atoms with E-state index in [4.69, 9.17) is 0 Å². The summed E-state index contributed by atoms with van der Waals surface area (Å²) in [5, 5.41) is 3.98. The Kier molecular flexibility index (Phi) is 4.85. The molecule has 156 valence electrons. The Balaban J connectivity index is 1.81. The van der Waals surface area contributed by atoms with Gasteiger partial charge in [0.1, 0.15) is 0 Å². The summed E-state index contributed by atoms with van der Waals surface area (Å²) in [7, 11) is -2.45. The van der Waals surface area contributed by atoms with Gasteiger partial charge in [-0.05, 0) is 17.7 Å². The molecule has 0 fully saturated rings. The first kappa shape index (κ1) is 20.1. The number of hydrogen-bond donors (Lipinski definition) is 0. The van der Waals surface area contributed by atoms with Crippen LogP contribution in [0.5, 0.6) is 0 Å². The molecule has 0 saturated carbocycles. The summed E-state index contributed by atoms with van der Waals surface area (Å²) in [6.07, 6.45) is -0.836. The molecule has 3 aromatic rings. The first-order chi connectivity index (χ1) is 14.2. The number of alkyl halides is 3. The predicted octanol–water partition coefficient (Wildman–Crippen LogP) is 3.03. The predicted molar refractivity (Wildman–Crippen MR) is 102 cm³/mol. The van der Waals surface area contributed by atoms with Crippen LogP contribution in [0.4, 0.5) is 13.2 Å². The Labute approximate surface area is 170 Å². The second-order valence-electron chi connectivity index (χ2n) is 6.76. The number of nitrogens with zero attached hydrogens (tertiary/aromatic N) is 5. The van der Waals surface area contributed by atoms with E-state index >= 15 is 0 Å². The molecular formula is C19H16F3N5O2S. The maximum atomic E-state index is 13.2. The maximum Gasteiger partial charge on any atom is 0.416 e. The number of aryl methyl sites for hydroxylation is 1. The Bertz CT molecular complexity index is 1210. The van der Waals surface area contributed by atoms with Gasteiger partial charge in [0.15, 0.2) is 5.03 Å². The second kappa shape index (κ2) is 7.24. The lowest BCUT2D eigenvalue weighted by molar-refractivity contribution is -0.137. The number of imidazole rings is 1. The molecule has 3 heterocycles. The molecule has 1 aromatic carbocycles. The van der Waals surface area contributed by atoms with E-state index in [-0.39, 0.29) is 23.0 Å². The Morgan fingerprint density at radius 2 is 1.83 bits per heavy atom. The third-order valence-corrected chi connectivity index (χ3v) is 6.19. The zero-order valence-electron chi connectivity index (χ0n) is 15.7. The number of benzene rings is 1. The van der Waals surface area contributed by atoms with Crippen LogP contribution >= 0.6 is 0 Å². The highest BCUT2D eigenvalue weighted by molar-refractivity contribution is 7.89. The summed E-state index contributed by atoms with van der Waals surface area (Å²) >= 11 is 0. The van der Waals surface area contributed by atoms with E-state index in [1.54, 1.807) is 37.4 Å². The topological polar surface area (TPSA) is 80.5 Å². The standard InChI is InChI=1S/C19H16F3N5O2S/c1-26-11-17(24-12-26)30(28,29)27-10-15(13-5-3-2-4-6-13)18(25-27)16-9-14(7-8-23-16)19(20,21)22/h2-9,11-12,15H,10H2,1H3. The van der Waals surface area contributed by atoms with Crippen molar-refractivity contribution in [1.29, 1.82) is 0 Å². The molecule has 0 spiro atoms. The van der Waals surface area contributed by atoms with E-state index in [0.29, 0.717) is 5.56 Å². The molecule has 0 N–H and O–H groups in total. The number of aromatic nitrogens is 3. The second-order valence-corrected chi connectivity index (χ2v) is 8.55. The minimum atomic E-state index is -4.56. The first-order valence-electron chi connectivity index (χ1n) is 8.84. The molecule has 0 aliphatic carbocycles. The molecule has 0 bridgehead atoms. The molecule has 11 heteroatoms. The van der Waals surface area contributed by atoms with E-state index < -0.39 is 27.7 Å². The lowest BCUT2D eigenvalue weighted by atomic mass is 9.92. The van der Waals surface area contributed by atoms with E-state index in [0.717, 1.165) is 22.7 Å². The van der Waals surface area contributed by atoms with Crippen LogP contribution in [0.1, 0.15) is 22.7 Å². The van der Waals surface area contributed by atoms with Crippen molar-refractivity contribution in [2.24, 2.45) is 12.1 Å². The molecule has 0 saturated heterocycles. The summed E-state index contributed by atoms with van der Waals surface area (Å²) in [6, 6.07) is 10.6. The average molecular weight is 435 g/mol. The van der Waals surface area contributed by atoms with Gasteiger partial charge in [-0.2, -0.15) is 31.1 Å². The monoisotopic (exact) mass is 435 g/mol. The van der Waals surface area contributed by atoms with Crippen molar-refractivity contribution in [3.05, 3.63) is 78.0 Å². The molecule has 1 aliphatic heterocycles. The SMILES string of the molecule is Cn1cnc(S(=O)(=O)N2CC(c3ccccc3)C(c3cc(C(F)(F)F)ccn3)=N2)c1. The molecule has 0 amide bonds. The third kappa shape index (κ3) is 3.67. The highest BCUT2D eigenvalue weighted by atomic mass is 32.2. The zero-order valence-corrected chi connectivity index (χ0v) is 16.5. The van der Waals surface area contributed by atoms with E-state index in [1.807, 2.05) is 0 Å². The maximum absolute atomic E-state index is 13.2. The van der Waals surface area contributed by atoms with Gasteiger partial charge in [-0.3, -0.25) is 4.98 Å². The molecule has 1 aliphatic rings. The third-order valence-electron chi connectivity index (χ3n) is 4.66. The van der Waals surface area contributed by atoms with Crippen molar-refractivity contribution >= 4 is 15.7 Å². The fraction of sp³-hybridized carbons (Fsp3) is 0.211. The van der Waals surface area contributed by atoms with Gasteiger partial charge in [-0.1, -0.05) is 30.3 Å². The molecule has 7 nitrogen and oxygen atoms in total. The van der Waals surface area contributed by atoms with Crippen LogP contribution in [0.2, 0.25) is 0 Å². The minimum absolute atomic E-state index is 0.0302. The minimum Gasteiger partial charge on any atom is -0.339 e. The van der Waals surface area contributed by atoms with Gasteiger partial charge in [0.2, 0.25) is 0 Å². The van der Waals surface area contributed by atoms with Crippen molar-refractivity contribution in [2.75, 3.05) is 6.54 Å². The molecule has 1 unspecified atom stereocenters. The Hall–Kier alpha value is -3.21. The molecule has 0 radical (unpaired) electrons. The van der Waals surface area contributed by atoms with Gasteiger partial charge < -0.3 is 4.57 Å². The summed E-state index contributed by atoms with van der Waals surface area (Å²) in [6.45, 7) is -0.0732. The number of rotatable bonds is 4. The molecule has 2 aromatic heterocycles. The zero-order chi connectivity index (χ0) is 21.5. The van der Waals surface area contributed by atoms with Gasteiger partial charge in [0.05, 0.1) is 35.8 Å². The number of sulfonamides is 1. The van der Waals surface area contributed by atoms with Crippen LogP contribution in [0.15, 0.2) is 71.3 Å². The Morgan fingerprint density at radius 3 is 2.47 bits per heavy atom. The largest absolute Gasteiger partial charge is 0.416 e. The van der Waals surface area contributed by atoms with Crippen molar-refractivity contribution in [3.63, 3.8) is 0 Å². The van der Waals surface area contributed by atoms with Crippen molar-refractivity contribution < 1.29 is 21.6 Å². The number of hydrazone groups is 1. The summed E-state index contributed by atoms with van der Waals surface area (Å²) < 4.78 is 67.8. The van der Waals surface area contributed by atoms with Crippen LogP contribution in [-0.4, -0.2) is 39.6 Å². The average Bonchev–Trinajstić information content (AvgIpc) is 3.36. The first-order valence-corrected chi connectivity index (χ1v) is 10.3. The van der Waals surface area contributed by atoms with Crippen LogP contribution in [0.25, 0.3) is 0 Å². The Morgan fingerprint density at radius 1 is 1.10 bits per heavy atom. The molecule has 30 heavy (non-hydrogen) atoms. The highest BCUT2D eigenvalue weighted by Crippen LogP contribution is 2.34. The molecule has 1 atom stereocenters. The van der Waals surface area contributed by atoms with Gasteiger partial charge in [-0.15, -0.1) is 0 Å². The van der Waals surface area contributed by atoms with Gasteiger partial charge in [0, 0.05) is 19.4 Å². The number of halogens is 3. The fourth-order valence-electron chi connectivity index (χ4n) is 3.18. The quantitative estimate of drug-likeness (QED) is 0.631. The van der Waals surface area contributed by atoms with E-state index in [9.17, 15) is 21.6 Å². The normalized spacial score (nSPS) is 17.3. The molecular weight excluding hydrogens is 419 g/mol. The summed E-state index contributed by atoms with van der Waals surface area (Å²) in [5.74, 6) is -0.583. The van der Waals surface area contributed by atoms with Gasteiger partial charge in [-0.25, -0.2) is 4.98 Å². The van der Waals surface area contributed by atoms with Crippen LogP contribution in [0, 0.1) is 0 Å². The van der Waals surface area contributed by atoms with Crippen LogP contribution in [-0.2, 0) is 23.2 Å². The van der Waals surface area contributed by atoms with Crippen molar-refractivity contribution in [1.82, 2.24) is 18.9 Å².